The molecule has 0 aromatic heterocycles. The molecule has 17 heavy (non-hydrogen) atoms. The number of carbonyl (C=O) groups is 1. The molecular weight excluding hydrogens is 242 g/mol. The number of carboxylic acid groups (broad SMARTS) is 1. The third-order valence-corrected chi connectivity index (χ3v) is 5.51. The van der Waals surface area contributed by atoms with Gasteiger partial charge >= 0.3 is 5.97 Å². The maximum Gasteiger partial charge on any atom is 0.323 e. The molecule has 98 valence electrons. The zero-order valence-electron chi connectivity index (χ0n) is 9.98. The van der Waals surface area contributed by atoms with E-state index in [0.29, 0.717) is 25.7 Å². The summed E-state index contributed by atoms with van der Waals surface area (Å²) in [7, 11) is -3.00. The minimum absolute atomic E-state index is 0.0297. The predicted octanol–water partition coefficient (Wildman–Crippen LogP) is 0.549. The zero-order valence-corrected chi connectivity index (χ0v) is 10.8. The van der Waals surface area contributed by atoms with Gasteiger partial charge in [-0.05, 0) is 32.1 Å². The molecule has 0 heterocycles. The highest BCUT2D eigenvalue weighted by atomic mass is 32.2. The fourth-order valence-electron chi connectivity index (χ4n) is 2.60. The van der Waals surface area contributed by atoms with Gasteiger partial charge in [0.15, 0.2) is 0 Å². The fourth-order valence-corrected chi connectivity index (χ4v) is 3.78. The monoisotopic (exact) mass is 261 g/mol. The van der Waals surface area contributed by atoms with E-state index in [4.69, 9.17) is 5.11 Å². The van der Waals surface area contributed by atoms with Crippen LogP contribution < -0.4 is 5.32 Å². The van der Waals surface area contributed by atoms with Gasteiger partial charge in [-0.1, -0.05) is 6.42 Å². The van der Waals surface area contributed by atoms with Gasteiger partial charge < -0.3 is 5.11 Å². The fraction of sp³-hybridized carbons (Fsp3) is 0.909. The first-order valence-electron chi connectivity index (χ1n) is 6.03. The summed E-state index contributed by atoms with van der Waals surface area (Å²) in [6.07, 6.45) is 5.56. The lowest BCUT2D eigenvalue weighted by Crippen LogP contribution is -2.48. The standard InChI is InChI=1S/C11H19NO4S/c1-17(15,16)9-4-2-3-8(7-9)12-11(5-6-11)10(13)14/h8-9,12H,2-7H2,1H3,(H,13,14). The molecule has 2 saturated carbocycles. The molecule has 0 saturated heterocycles. The molecule has 2 fully saturated rings. The third kappa shape index (κ3) is 2.80. The largest absolute Gasteiger partial charge is 0.480 e. The van der Waals surface area contributed by atoms with Crippen LogP contribution in [0.15, 0.2) is 0 Å². The Labute approximate surface area is 102 Å². The first kappa shape index (κ1) is 12.8. The Hall–Kier alpha value is -0.620. The molecular formula is C11H19NO4S. The molecule has 2 aliphatic carbocycles. The lowest BCUT2D eigenvalue weighted by molar-refractivity contribution is -0.141. The highest BCUT2D eigenvalue weighted by molar-refractivity contribution is 7.91. The van der Waals surface area contributed by atoms with Crippen LogP contribution in [0.5, 0.6) is 0 Å². The van der Waals surface area contributed by atoms with Gasteiger partial charge in [-0.25, -0.2) is 8.42 Å². The number of nitrogens with one attached hydrogen (secondary N) is 1. The molecule has 0 aromatic rings. The van der Waals surface area contributed by atoms with E-state index >= 15 is 0 Å². The van der Waals surface area contributed by atoms with Crippen LogP contribution in [0.4, 0.5) is 0 Å². The van der Waals surface area contributed by atoms with E-state index in [1.54, 1.807) is 0 Å². The van der Waals surface area contributed by atoms with Crippen LogP contribution in [0.1, 0.15) is 38.5 Å². The van der Waals surface area contributed by atoms with Crippen molar-refractivity contribution in [2.75, 3.05) is 6.26 Å². The van der Waals surface area contributed by atoms with Crippen LogP contribution in [0.2, 0.25) is 0 Å². The van der Waals surface area contributed by atoms with Crippen molar-refractivity contribution < 1.29 is 18.3 Å². The molecule has 0 aromatic carbocycles. The van der Waals surface area contributed by atoms with E-state index in [-0.39, 0.29) is 11.3 Å². The Bertz CT molecular complexity index is 413. The lowest BCUT2D eigenvalue weighted by atomic mass is 9.94. The van der Waals surface area contributed by atoms with E-state index in [1.165, 1.54) is 6.26 Å². The quantitative estimate of drug-likeness (QED) is 0.772. The molecule has 2 atom stereocenters. The van der Waals surface area contributed by atoms with E-state index in [9.17, 15) is 13.2 Å². The van der Waals surface area contributed by atoms with Crippen LogP contribution in [0, 0.1) is 0 Å². The molecule has 2 unspecified atom stereocenters. The van der Waals surface area contributed by atoms with Gasteiger partial charge in [0.1, 0.15) is 15.4 Å². The number of aliphatic carboxylic acids is 1. The van der Waals surface area contributed by atoms with E-state index in [2.05, 4.69) is 5.32 Å². The maximum absolute atomic E-state index is 11.5. The van der Waals surface area contributed by atoms with Gasteiger partial charge in [-0.15, -0.1) is 0 Å². The summed E-state index contributed by atoms with van der Waals surface area (Å²) in [5, 5.41) is 11.9. The summed E-state index contributed by atoms with van der Waals surface area (Å²) in [5.41, 5.74) is -0.760. The molecule has 2 rings (SSSR count). The van der Waals surface area contributed by atoms with Crippen LogP contribution >= 0.6 is 0 Å². The Morgan fingerprint density at radius 3 is 2.47 bits per heavy atom. The molecule has 0 aliphatic heterocycles. The van der Waals surface area contributed by atoms with Crippen LogP contribution in [0.25, 0.3) is 0 Å². The Morgan fingerprint density at radius 2 is 2.00 bits per heavy atom. The average Bonchev–Trinajstić information content (AvgIpc) is 2.98. The van der Waals surface area contributed by atoms with E-state index in [0.717, 1.165) is 12.8 Å². The van der Waals surface area contributed by atoms with Crippen molar-refractivity contribution in [3.63, 3.8) is 0 Å². The second-order valence-electron chi connectivity index (χ2n) is 5.35. The summed E-state index contributed by atoms with van der Waals surface area (Å²) in [6, 6.07) is 0.0297. The highest BCUT2D eigenvalue weighted by Gasteiger charge is 2.51. The summed E-state index contributed by atoms with van der Waals surface area (Å²) >= 11 is 0. The zero-order chi connectivity index (χ0) is 12.7. The van der Waals surface area contributed by atoms with Crippen molar-refractivity contribution >= 4 is 15.8 Å². The number of carboxylic acids is 1. The molecule has 0 spiro atoms. The maximum atomic E-state index is 11.5. The van der Waals surface area contributed by atoms with Gasteiger partial charge in [0, 0.05) is 12.3 Å². The summed E-state index contributed by atoms with van der Waals surface area (Å²) < 4.78 is 23.0. The van der Waals surface area contributed by atoms with Crippen molar-refractivity contribution in [3.05, 3.63) is 0 Å². The molecule has 0 bridgehead atoms. The summed E-state index contributed by atoms with van der Waals surface area (Å²) in [5.74, 6) is -0.807. The van der Waals surface area contributed by atoms with Gasteiger partial charge in [0.25, 0.3) is 0 Å². The Morgan fingerprint density at radius 1 is 1.35 bits per heavy atom. The Kier molecular flexibility index (Phi) is 3.20. The second kappa shape index (κ2) is 4.24. The molecule has 0 amide bonds. The van der Waals surface area contributed by atoms with Crippen LogP contribution in [0.3, 0.4) is 0 Å². The van der Waals surface area contributed by atoms with Gasteiger partial charge in [-0.2, -0.15) is 0 Å². The second-order valence-corrected chi connectivity index (χ2v) is 7.67. The molecule has 0 radical (unpaired) electrons. The van der Waals surface area contributed by atoms with Gasteiger partial charge in [-0.3, -0.25) is 10.1 Å². The van der Waals surface area contributed by atoms with Gasteiger partial charge in [0.2, 0.25) is 0 Å². The number of rotatable bonds is 4. The molecule has 6 heteroatoms. The third-order valence-electron chi connectivity index (χ3n) is 3.87. The number of hydrogen-bond donors (Lipinski definition) is 2. The smallest absolute Gasteiger partial charge is 0.323 e. The van der Waals surface area contributed by atoms with Crippen LogP contribution in [-0.2, 0) is 14.6 Å². The number of sulfone groups is 1. The summed E-state index contributed by atoms with van der Waals surface area (Å²) in [4.78, 5) is 11.1. The minimum atomic E-state index is -3.00. The van der Waals surface area contributed by atoms with Crippen molar-refractivity contribution in [2.24, 2.45) is 0 Å². The number of hydrogen-bond acceptors (Lipinski definition) is 4. The first-order valence-corrected chi connectivity index (χ1v) is 7.99. The molecule has 5 nitrogen and oxygen atoms in total. The van der Waals surface area contributed by atoms with Crippen LogP contribution in [-0.4, -0.2) is 42.6 Å². The predicted molar refractivity (Wildman–Crippen MR) is 63.6 cm³/mol. The Balaban J connectivity index is 1.97. The van der Waals surface area contributed by atoms with E-state index in [1.807, 2.05) is 0 Å². The normalized spacial score (nSPS) is 32.1. The van der Waals surface area contributed by atoms with Gasteiger partial charge in [0.05, 0.1) is 5.25 Å². The van der Waals surface area contributed by atoms with Crippen molar-refractivity contribution in [1.29, 1.82) is 0 Å². The lowest BCUT2D eigenvalue weighted by Gasteiger charge is -2.30. The topological polar surface area (TPSA) is 83.5 Å². The van der Waals surface area contributed by atoms with Crippen molar-refractivity contribution in [1.82, 2.24) is 5.32 Å². The first-order chi connectivity index (χ1) is 7.83. The molecule has 2 aliphatic rings. The van der Waals surface area contributed by atoms with Crippen molar-refractivity contribution in [3.8, 4) is 0 Å². The SMILES string of the molecule is CS(=O)(=O)C1CCCC(NC2(C(=O)O)CC2)C1. The minimum Gasteiger partial charge on any atom is -0.480 e. The average molecular weight is 261 g/mol. The van der Waals surface area contributed by atoms with Crippen molar-refractivity contribution in [2.45, 2.75) is 55.4 Å². The summed E-state index contributed by atoms with van der Waals surface area (Å²) in [6.45, 7) is 0. The molecule has 2 N–H and O–H groups in total. The van der Waals surface area contributed by atoms with E-state index < -0.39 is 21.3 Å². The highest BCUT2D eigenvalue weighted by Crippen LogP contribution is 2.38.